The van der Waals surface area contributed by atoms with Crippen molar-refractivity contribution in [2.75, 3.05) is 5.32 Å². The van der Waals surface area contributed by atoms with E-state index in [1.165, 1.54) is 25.1 Å². The minimum Gasteiger partial charge on any atom is -0.456 e. The number of fused-ring (bicyclic) bond motifs is 1. The van der Waals surface area contributed by atoms with E-state index in [4.69, 9.17) is 4.42 Å². The average Bonchev–Trinajstić information content (AvgIpc) is 2.47. The molecule has 4 nitrogen and oxygen atoms in total. The van der Waals surface area contributed by atoms with Crippen molar-refractivity contribution in [2.24, 2.45) is 0 Å². The summed E-state index contributed by atoms with van der Waals surface area (Å²) in [5, 5.41) is 2.96. The van der Waals surface area contributed by atoms with Gasteiger partial charge in [0.15, 0.2) is 5.43 Å². The molecule has 2 aromatic carbocycles. The lowest BCUT2D eigenvalue weighted by Gasteiger charge is -2.06. The maximum absolute atomic E-state index is 13.3. The number of carbonyl (C=O) groups excluding carboxylic acids is 1. The number of hydrogen-bond acceptors (Lipinski definition) is 3. The van der Waals surface area contributed by atoms with Crippen LogP contribution in [-0.2, 0) is 4.79 Å². The van der Waals surface area contributed by atoms with Crippen LogP contribution >= 0.6 is 0 Å². The Morgan fingerprint density at radius 3 is 2.68 bits per heavy atom. The van der Waals surface area contributed by atoms with E-state index in [1.54, 1.807) is 30.3 Å². The molecule has 0 fully saturated rings. The number of rotatable bonds is 2. The van der Waals surface area contributed by atoms with E-state index in [-0.39, 0.29) is 11.3 Å². The molecule has 0 unspecified atom stereocenters. The average molecular weight is 297 g/mol. The van der Waals surface area contributed by atoms with Crippen molar-refractivity contribution in [3.8, 4) is 11.3 Å². The number of nitrogens with one attached hydrogen (secondary N) is 1. The van der Waals surface area contributed by atoms with Crippen molar-refractivity contribution >= 4 is 22.6 Å². The highest BCUT2D eigenvalue weighted by Crippen LogP contribution is 2.24. The predicted octanol–water partition coefficient (Wildman–Crippen LogP) is 3.56. The van der Waals surface area contributed by atoms with Crippen molar-refractivity contribution in [1.82, 2.24) is 0 Å². The van der Waals surface area contributed by atoms with Crippen molar-refractivity contribution in [3.63, 3.8) is 0 Å². The van der Waals surface area contributed by atoms with Crippen LogP contribution < -0.4 is 10.7 Å². The highest BCUT2D eigenvalue weighted by Gasteiger charge is 2.09. The zero-order valence-corrected chi connectivity index (χ0v) is 11.7. The molecule has 22 heavy (non-hydrogen) atoms. The Labute approximate surface area is 125 Å². The molecule has 0 aliphatic heterocycles. The number of amides is 1. The van der Waals surface area contributed by atoms with E-state index >= 15 is 0 Å². The van der Waals surface area contributed by atoms with Crippen LogP contribution in [-0.4, -0.2) is 5.91 Å². The van der Waals surface area contributed by atoms with Crippen LogP contribution in [0.25, 0.3) is 22.3 Å². The molecule has 0 bridgehead atoms. The van der Waals surface area contributed by atoms with Gasteiger partial charge in [0.1, 0.15) is 17.2 Å². The molecule has 0 aliphatic rings. The van der Waals surface area contributed by atoms with Gasteiger partial charge in [0.2, 0.25) is 5.91 Å². The van der Waals surface area contributed by atoms with Gasteiger partial charge in [0, 0.05) is 24.2 Å². The van der Waals surface area contributed by atoms with Crippen molar-refractivity contribution in [2.45, 2.75) is 6.92 Å². The highest BCUT2D eigenvalue weighted by molar-refractivity contribution is 5.92. The van der Waals surface area contributed by atoms with Crippen LogP contribution in [0.1, 0.15) is 6.92 Å². The number of carbonyl (C=O) groups is 1. The van der Waals surface area contributed by atoms with Gasteiger partial charge in [-0.15, -0.1) is 0 Å². The van der Waals surface area contributed by atoms with Crippen LogP contribution in [0.15, 0.2) is 57.7 Å². The highest BCUT2D eigenvalue weighted by atomic mass is 19.1. The topological polar surface area (TPSA) is 59.3 Å². The van der Waals surface area contributed by atoms with Crippen LogP contribution in [0.3, 0.4) is 0 Å². The third-order valence-corrected chi connectivity index (χ3v) is 3.16. The lowest BCUT2D eigenvalue weighted by Crippen LogP contribution is -2.07. The van der Waals surface area contributed by atoms with Gasteiger partial charge < -0.3 is 9.73 Å². The molecule has 110 valence electrons. The second-order valence-electron chi connectivity index (χ2n) is 4.88. The summed E-state index contributed by atoms with van der Waals surface area (Å²) in [4.78, 5) is 23.3. The largest absolute Gasteiger partial charge is 0.456 e. The molecule has 0 saturated carbocycles. The predicted molar refractivity (Wildman–Crippen MR) is 82.2 cm³/mol. The molecule has 5 heteroatoms. The van der Waals surface area contributed by atoms with Crippen molar-refractivity contribution in [1.29, 1.82) is 0 Å². The van der Waals surface area contributed by atoms with Gasteiger partial charge in [0.05, 0.1) is 5.39 Å². The Morgan fingerprint density at radius 2 is 1.95 bits per heavy atom. The molecule has 0 radical (unpaired) electrons. The van der Waals surface area contributed by atoms with Crippen molar-refractivity contribution in [3.05, 3.63) is 64.6 Å². The van der Waals surface area contributed by atoms with Crippen molar-refractivity contribution < 1.29 is 13.6 Å². The zero-order valence-electron chi connectivity index (χ0n) is 11.7. The minimum atomic E-state index is -0.402. The summed E-state index contributed by atoms with van der Waals surface area (Å²) in [5.74, 6) is -0.328. The van der Waals surface area contributed by atoms with E-state index in [0.29, 0.717) is 28.0 Å². The zero-order chi connectivity index (χ0) is 15.7. The first-order chi connectivity index (χ1) is 10.5. The smallest absolute Gasteiger partial charge is 0.221 e. The van der Waals surface area contributed by atoms with E-state index in [2.05, 4.69) is 5.32 Å². The van der Waals surface area contributed by atoms with Gasteiger partial charge in [-0.2, -0.15) is 0 Å². The standard InChI is InChI=1S/C17H12FNO3/c1-10(20)19-13-5-6-16-14(8-13)15(21)9-17(22-16)11-3-2-4-12(18)7-11/h2-9H,1H3,(H,19,20). The normalized spacial score (nSPS) is 10.6. The Morgan fingerprint density at radius 1 is 1.14 bits per heavy atom. The van der Waals surface area contributed by atoms with Crippen LogP contribution in [0.4, 0.5) is 10.1 Å². The number of anilines is 1. The van der Waals surface area contributed by atoms with Gasteiger partial charge in [-0.3, -0.25) is 9.59 Å². The molecule has 1 aromatic heterocycles. The van der Waals surface area contributed by atoms with Crippen LogP contribution in [0.2, 0.25) is 0 Å². The summed E-state index contributed by atoms with van der Waals surface area (Å²) >= 11 is 0. The second-order valence-corrected chi connectivity index (χ2v) is 4.88. The van der Waals surface area contributed by atoms with Crippen LogP contribution in [0.5, 0.6) is 0 Å². The van der Waals surface area contributed by atoms with Gasteiger partial charge in [-0.25, -0.2) is 4.39 Å². The Bertz CT molecular complexity index is 931. The van der Waals surface area contributed by atoms with E-state index in [0.717, 1.165) is 0 Å². The maximum atomic E-state index is 13.3. The first-order valence-corrected chi connectivity index (χ1v) is 6.64. The Hall–Kier alpha value is -2.95. The van der Waals surface area contributed by atoms with E-state index in [1.807, 2.05) is 0 Å². The minimum absolute atomic E-state index is 0.222. The first-order valence-electron chi connectivity index (χ1n) is 6.64. The molecule has 1 N–H and O–H groups in total. The molecule has 1 heterocycles. The molecule has 0 saturated heterocycles. The third kappa shape index (κ3) is 2.74. The molecule has 1 amide bonds. The monoisotopic (exact) mass is 297 g/mol. The van der Waals surface area contributed by atoms with Gasteiger partial charge in [-0.05, 0) is 30.3 Å². The second kappa shape index (κ2) is 5.44. The first kappa shape index (κ1) is 14.0. The summed E-state index contributed by atoms with van der Waals surface area (Å²) in [6, 6.07) is 11.9. The molecular weight excluding hydrogens is 285 g/mol. The fourth-order valence-electron chi connectivity index (χ4n) is 2.22. The van der Waals surface area contributed by atoms with Gasteiger partial charge in [0.25, 0.3) is 0 Å². The lowest BCUT2D eigenvalue weighted by atomic mass is 10.1. The van der Waals surface area contributed by atoms with E-state index in [9.17, 15) is 14.0 Å². The molecule has 3 aromatic rings. The lowest BCUT2D eigenvalue weighted by molar-refractivity contribution is -0.114. The molecule has 3 rings (SSSR count). The summed E-state index contributed by atoms with van der Waals surface area (Å²) in [6.07, 6.45) is 0. The fourth-order valence-corrected chi connectivity index (χ4v) is 2.22. The molecule has 0 spiro atoms. The van der Waals surface area contributed by atoms with Crippen LogP contribution in [0, 0.1) is 5.82 Å². The molecule has 0 aliphatic carbocycles. The summed E-state index contributed by atoms with van der Waals surface area (Å²) < 4.78 is 18.9. The molecular formula is C17H12FNO3. The molecule has 0 atom stereocenters. The number of hydrogen-bond donors (Lipinski definition) is 1. The third-order valence-electron chi connectivity index (χ3n) is 3.16. The summed E-state index contributed by atoms with van der Waals surface area (Å²) in [5.41, 5.74) is 1.13. The van der Waals surface area contributed by atoms with Gasteiger partial charge in [-0.1, -0.05) is 12.1 Å². The Kier molecular flexibility index (Phi) is 3.47. The summed E-state index contributed by atoms with van der Waals surface area (Å²) in [7, 11) is 0. The number of benzene rings is 2. The van der Waals surface area contributed by atoms with Gasteiger partial charge >= 0.3 is 0 Å². The number of halogens is 1. The quantitative estimate of drug-likeness (QED) is 0.786. The Balaban J connectivity index is 2.13. The maximum Gasteiger partial charge on any atom is 0.221 e. The SMILES string of the molecule is CC(=O)Nc1ccc2oc(-c3cccc(F)c3)cc(=O)c2c1. The summed E-state index contributed by atoms with van der Waals surface area (Å²) in [6.45, 7) is 1.39. The fraction of sp³-hybridized carbons (Fsp3) is 0.0588. The van der Waals surface area contributed by atoms with E-state index < -0.39 is 5.82 Å².